The van der Waals surface area contributed by atoms with Crippen LogP contribution in [0.15, 0.2) is 109 Å². The Morgan fingerprint density at radius 1 is 0.379 bits per heavy atom. The van der Waals surface area contributed by atoms with E-state index in [4.69, 9.17) is 0 Å². The average Bonchev–Trinajstić information content (AvgIpc) is 3.32. The lowest BCUT2D eigenvalue weighted by atomic mass is 9.72. The molecule has 0 amide bonds. The highest BCUT2D eigenvalue weighted by atomic mass is 14.4. The number of rotatable bonds is 4. The van der Waals surface area contributed by atoms with Crippen molar-refractivity contribution in [2.45, 2.75) is 31.1 Å². The zero-order valence-corrected chi connectivity index (χ0v) is 16.7. The van der Waals surface area contributed by atoms with Crippen LogP contribution in [-0.4, -0.2) is 0 Å². The molecule has 0 unspecified atom stereocenters. The van der Waals surface area contributed by atoms with E-state index in [0.717, 1.165) is 0 Å². The summed E-state index contributed by atoms with van der Waals surface area (Å²) in [5, 5.41) is 0. The fraction of sp³-hybridized carbons (Fsp3) is 0.172. The van der Waals surface area contributed by atoms with Crippen LogP contribution in [0, 0.1) is 0 Å². The summed E-state index contributed by atoms with van der Waals surface area (Å²) in [6, 6.07) is 39.9. The zero-order chi connectivity index (χ0) is 19.5. The quantitative estimate of drug-likeness (QED) is 0.341. The SMILES string of the molecule is c1ccc(-c2ccc(C3(c4ccc(-c5ccccc5)cc4)CCCC3)cc2)cc1. The van der Waals surface area contributed by atoms with Crippen molar-refractivity contribution in [3.63, 3.8) is 0 Å². The van der Waals surface area contributed by atoms with Crippen LogP contribution in [-0.2, 0) is 5.41 Å². The van der Waals surface area contributed by atoms with Crippen molar-refractivity contribution in [1.82, 2.24) is 0 Å². The van der Waals surface area contributed by atoms with E-state index in [2.05, 4.69) is 109 Å². The highest BCUT2D eigenvalue weighted by Gasteiger charge is 2.37. The maximum atomic E-state index is 2.36. The highest BCUT2D eigenvalue weighted by molar-refractivity contribution is 5.65. The first kappa shape index (κ1) is 17.9. The van der Waals surface area contributed by atoms with Crippen molar-refractivity contribution >= 4 is 0 Å². The first-order chi connectivity index (χ1) is 14.4. The van der Waals surface area contributed by atoms with Gasteiger partial charge in [-0.2, -0.15) is 0 Å². The molecule has 4 aromatic carbocycles. The molecule has 29 heavy (non-hydrogen) atoms. The molecular weight excluding hydrogens is 348 g/mol. The molecule has 5 rings (SSSR count). The highest BCUT2D eigenvalue weighted by Crippen LogP contribution is 2.47. The molecule has 0 aromatic heterocycles. The lowest BCUT2D eigenvalue weighted by Gasteiger charge is -2.31. The van der Waals surface area contributed by atoms with Gasteiger partial charge in [-0.25, -0.2) is 0 Å². The van der Waals surface area contributed by atoms with Gasteiger partial charge in [0.15, 0.2) is 0 Å². The van der Waals surface area contributed by atoms with Gasteiger partial charge >= 0.3 is 0 Å². The van der Waals surface area contributed by atoms with Crippen LogP contribution in [0.5, 0.6) is 0 Å². The molecule has 0 saturated heterocycles. The third-order valence-electron chi connectivity index (χ3n) is 6.55. The number of hydrogen-bond donors (Lipinski definition) is 0. The fourth-order valence-corrected chi connectivity index (χ4v) is 4.95. The van der Waals surface area contributed by atoms with Crippen LogP contribution < -0.4 is 0 Å². The van der Waals surface area contributed by atoms with Gasteiger partial charge in [0.2, 0.25) is 0 Å². The maximum absolute atomic E-state index is 2.36. The average molecular weight is 375 g/mol. The standard InChI is InChI=1S/C29H26/c1-3-9-23(10-4-1)25-13-17-27(18-14-25)29(21-7-8-22-29)28-19-15-26(16-20-28)24-11-5-2-6-12-24/h1-6,9-20H,7-8,21-22H2. The molecule has 0 heterocycles. The predicted molar refractivity (Wildman–Crippen MR) is 123 cm³/mol. The van der Waals surface area contributed by atoms with Gasteiger partial charge in [0.25, 0.3) is 0 Å². The van der Waals surface area contributed by atoms with Gasteiger partial charge in [-0.1, -0.05) is 122 Å². The number of benzene rings is 4. The van der Waals surface area contributed by atoms with Gasteiger partial charge in [-0.05, 0) is 46.2 Å². The summed E-state index contributed by atoms with van der Waals surface area (Å²) in [4.78, 5) is 0. The van der Waals surface area contributed by atoms with Gasteiger partial charge in [0.1, 0.15) is 0 Å². The molecule has 0 spiro atoms. The normalized spacial score (nSPS) is 15.3. The monoisotopic (exact) mass is 374 g/mol. The van der Waals surface area contributed by atoms with Crippen molar-refractivity contribution in [2.24, 2.45) is 0 Å². The summed E-state index contributed by atoms with van der Waals surface area (Å²) in [5.41, 5.74) is 8.23. The van der Waals surface area contributed by atoms with E-state index >= 15 is 0 Å². The molecule has 0 heteroatoms. The molecule has 0 atom stereocenters. The van der Waals surface area contributed by atoms with E-state index in [1.54, 1.807) is 0 Å². The van der Waals surface area contributed by atoms with E-state index in [1.165, 1.54) is 59.1 Å². The van der Waals surface area contributed by atoms with Crippen molar-refractivity contribution in [2.75, 3.05) is 0 Å². The third-order valence-corrected chi connectivity index (χ3v) is 6.55. The van der Waals surface area contributed by atoms with E-state index in [0.29, 0.717) is 0 Å². The van der Waals surface area contributed by atoms with E-state index in [1.807, 2.05) is 0 Å². The summed E-state index contributed by atoms with van der Waals surface area (Å²) in [7, 11) is 0. The van der Waals surface area contributed by atoms with Crippen molar-refractivity contribution < 1.29 is 0 Å². The molecule has 1 fully saturated rings. The van der Waals surface area contributed by atoms with E-state index in [9.17, 15) is 0 Å². The molecule has 0 N–H and O–H groups in total. The maximum Gasteiger partial charge on any atom is 0.0202 e. The molecule has 1 saturated carbocycles. The summed E-state index contributed by atoms with van der Waals surface area (Å²) in [6.45, 7) is 0. The molecule has 0 bridgehead atoms. The Bertz CT molecular complexity index is 967. The van der Waals surface area contributed by atoms with Crippen LogP contribution in [0.3, 0.4) is 0 Å². The van der Waals surface area contributed by atoms with Gasteiger partial charge in [-0.3, -0.25) is 0 Å². The Kier molecular flexibility index (Phi) is 4.77. The summed E-state index contributed by atoms with van der Waals surface area (Å²) >= 11 is 0. The minimum Gasteiger partial charge on any atom is -0.0622 e. The molecule has 1 aliphatic carbocycles. The Labute approximate surface area is 173 Å². The summed E-state index contributed by atoms with van der Waals surface area (Å²) < 4.78 is 0. The lowest BCUT2D eigenvalue weighted by Crippen LogP contribution is -2.23. The van der Waals surface area contributed by atoms with Crippen molar-refractivity contribution in [3.05, 3.63) is 120 Å². The Hall–Kier alpha value is -3.12. The Morgan fingerprint density at radius 3 is 1.10 bits per heavy atom. The lowest BCUT2D eigenvalue weighted by molar-refractivity contribution is 0.535. The first-order valence-corrected chi connectivity index (χ1v) is 10.7. The second kappa shape index (κ2) is 7.72. The second-order valence-electron chi connectivity index (χ2n) is 8.18. The van der Waals surface area contributed by atoms with E-state index < -0.39 is 0 Å². The molecule has 0 radical (unpaired) electrons. The van der Waals surface area contributed by atoms with Gasteiger partial charge in [0.05, 0.1) is 0 Å². The van der Waals surface area contributed by atoms with Crippen molar-refractivity contribution in [3.8, 4) is 22.3 Å². The molecule has 142 valence electrons. The first-order valence-electron chi connectivity index (χ1n) is 10.7. The van der Waals surface area contributed by atoms with Crippen LogP contribution in [0.2, 0.25) is 0 Å². The van der Waals surface area contributed by atoms with Crippen LogP contribution in [0.25, 0.3) is 22.3 Å². The minimum atomic E-state index is 0.157. The topological polar surface area (TPSA) is 0 Å². The van der Waals surface area contributed by atoms with Crippen LogP contribution >= 0.6 is 0 Å². The van der Waals surface area contributed by atoms with Gasteiger partial charge < -0.3 is 0 Å². The largest absolute Gasteiger partial charge is 0.0622 e. The Morgan fingerprint density at radius 2 is 0.724 bits per heavy atom. The van der Waals surface area contributed by atoms with Crippen LogP contribution in [0.4, 0.5) is 0 Å². The van der Waals surface area contributed by atoms with Gasteiger partial charge in [0, 0.05) is 5.41 Å². The zero-order valence-electron chi connectivity index (χ0n) is 16.7. The second-order valence-corrected chi connectivity index (χ2v) is 8.18. The molecular formula is C29H26. The third kappa shape index (κ3) is 3.40. The van der Waals surface area contributed by atoms with Gasteiger partial charge in [-0.15, -0.1) is 0 Å². The predicted octanol–water partition coefficient (Wildman–Crippen LogP) is 7.88. The summed E-state index contributed by atoms with van der Waals surface area (Å²) in [6.07, 6.45) is 5.09. The molecule has 1 aliphatic rings. The fourth-order valence-electron chi connectivity index (χ4n) is 4.95. The minimum absolute atomic E-state index is 0.157. The summed E-state index contributed by atoms with van der Waals surface area (Å²) in [5.74, 6) is 0. The van der Waals surface area contributed by atoms with E-state index in [-0.39, 0.29) is 5.41 Å². The number of hydrogen-bond acceptors (Lipinski definition) is 0. The molecule has 4 aromatic rings. The van der Waals surface area contributed by atoms with Crippen LogP contribution in [0.1, 0.15) is 36.8 Å². The smallest absolute Gasteiger partial charge is 0.0202 e. The molecule has 0 aliphatic heterocycles. The van der Waals surface area contributed by atoms with Crippen molar-refractivity contribution in [1.29, 1.82) is 0 Å². The Balaban J connectivity index is 1.49. The molecule has 0 nitrogen and oxygen atoms in total.